The third-order valence-corrected chi connectivity index (χ3v) is 3.81. The maximum absolute atomic E-state index is 13.1. The number of piperidine rings is 1. The lowest BCUT2D eigenvalue weighted by Gasteiger charge is -2.31. The second-order valence-electron chi connectivity index (χ2n) is 5.44. The number of urea groups is 1. The predicted molar refractivity (Wildman–Crippen MR) is 78.6 cm³/mol. The highest BCUT2D eigenvalue weighted by atomic mass is 19.3. The van der Waals surface area contributed by atoms with Crippen LogP contribution in [0.2, 0.25) is 0 Å². The molecule has 1 aliphatic rings. The molecule has 0 radical (unpaired) electrons. The number of nitrogens with one attached hydrogen (secondary N) is 1. The van der Waals surface area contributed by atoms with Crippen LogP contribution in [0.5, 0.6) is 5.75 Å². The molecular formula is C15H17F2N3O3. The normalized spacial score (nSPS) is 17.3. The van der Waals surface area contributed by atoms with E-state index in [0.29, 0.717) is 22.7 Å². The quantitative estimate of drug-likeness (QED) is 0.942. The molecule has 124 valence electrons. The van der Waals surface area contributed by atoms with Crippen LogP contribution in [-0.2, 0) is 6.54 Å². The highest BCUT2D eigenvalue weighted by Crippen LogP contribution is 2.27. The van der Waals surface area contributed by atoms with E-state index >= 15 is 0 Å². The molecule has 2 amide bonds. The average molecular weight is 325 g/mol. The minimum absolute atomic E-state index is 0.0452. The molecule has 1 aromatic heterocycles. The van der Waals surface area contributed by atoms with E-state index in [1.165, 1.54) is 4.90 Å². The molecular weight excluding hydrogens is 308 g/mol. The molecule has 2 aromatic rings. The van der Waals surface area contributed by atoms with Crippen LogP contribution in [0.15, 0.2) is 22.6 Å². The van der Waals surface area contributed by atoms with Gasteiger partial charge in [0.25, 0.3) is 5.92 Å². The van der Waals surface area contributed by atoms with Crippen LogP contribution in [0, 0.1) is 0 Å². The van der Waals surface area contributed by atoms with E-state index in [1.54, 1.807) is 25.3 Å². The summed E-state index contributed by atoms with van der Waals surface area (Å²) >= 11 is 0. The molecule has 8 heteroatoms. The van der Waals surface area contributed by atoms with E-state index in [2.05, 4.69) is 10.3 Å². The van der Waals surface area contributed by atoms with Crippen molar-refractivity contribution in [2.24, 2.45) is 0 Å². The van der Waals surface area contributed by atoms with E-state index in [4.69, 9.17) is 9.15 Å². The van der Waals surface area contributed by atoms with Gasteiger partial charge in [0, 0.05) is 32.0 Å². The van der Waals surface area contributed by atoms with Crippen LogP contribution in [-0.4, -0.2) is 42.0 Å². The van der Waals surface area contributed by atoms with E-state index in [-0.39, 0.29) is 38.5 Å². The number of likely N-dealkylation sites (tertiary alicyclic amines) is 1. The predicted octanol–water partition coefficient (Wildman–Crippen LogP) is 2.78. The lowest BCUT2D eigenvalue weighted by atomic mass is 10.1. The fraction of sp³-hybridized carbons (Fsp3) is 0.467. The Morgan fingerprint density at radius 3 is 2.87 bits per heavy atom. The second-order valence-corrected chi connectivity index (χ2v) is 5.44. The Balaban J connectivity index is 1.59. The van der Waals surface area contributed by atoms with Gasteiger partial charge in [0.15, 0.2) is 5.58 Å². The van der Waals surface area contributed by atoms with Gasteiger partial charge in [-0.1, -0.05) is 0 Å². The zero-order valence-electron chi connectivity index (χ0n) is 12.6. The first-order valence-corrected chi connectivity index (χ1v) is 7.31. The van der Waals surface area contributed by atoms with Crippen molar-refractivity contribution in [2.75, 3.05) is 20.2 Å². The van der Waals surface area contributed by atoms with Crippen molar-refractivity contribution in [2.45, 2.75) is 25.3 Å². The first-order valence-electron chi connectivity index (χ1n) is 7.31. The summed E-state index contributed by atoms with van der Waals surface area (Å²) in [6.07, 6.45) is -0.605. The molecule has 0 atom stereocenters. The van der Waals surface area contributed by atoms with Crippen molar-refractivity contribution in [3.05, 3.63) is 24.1 Å². The van der Waals surface area contributed by atoms with Gasteiger partial charge in [-0.3, -0.25) is 0 Å². The van der Waals surface area contributed by atoms with Crippen LogP contribution in [0.1, 0.15) is 18.7 Å². The third kappa shape index (κ3) is 3.52. The number of oxazole rings is 1. The summed E-state index contributed by atoms with van der Waals surface area (Å²) in [7, 11) is 1.56. The van der Waals surface area contributed by atoms with Crippen molar-refractivity contribution >= 4 is 17.1 Å². The summed E-state index contributed by atoms with van der Waals surface area (Å²) in [6.45, 7) is 0.190. The summed E-state index contributed by atoms with van der Waals surface area (Å²) in [5.41, 5.74) is 1.22. The smallest absolute Gasteiger partial charge is 0.317 e. The number of hydrogen-bond acceptors (Lipinski definition) is 4. The fourth-order valence-electron chi connectivity index (χ4n) is 2.46. The van der Waals surface area contributed by atoms with Gasteiger partial charge in [-0.15, -0.1) is 0 Å². The Morgan fingerprint density at radius 1 is 1.43 bits per heavy atom. The van der Waals surface area contributed by atoms with E-state index in [1.807, 2.05) is 0 Å². The molecule has 1 aromatic carbocycles. The van der Waals surface area contributed by atoms with E-state index in [9.17, 15) is 13.6 Å². The SMILES string of the molecule is COc1ccc2oc(CNC(=O)N3CCC(F)(F)CC3)nc2c1. The average Bonchev–Trinajstić information content (AvgIpc) is 2.94. The van der Waals surface area contributed by atoms with Crippen molar-refractivity contribution in [3.63, 3.8) is 0 Å². The zero-order valence-corrected chi connectivity index (χ0v) is 12.6. The van der Waals surface area contributed by atoms with Gasteiger partial charge in [0.1, 0.15) is 11.3 Å². The van der Waals surface area contributed by atoms with Crippen molar-refractivity contribution < 1.29 is 22.7 Å². The highest BCUT2D eigenvalue weighted by molar-refractivity contribution is 5.75. The lowest BCUT2D eigenvalue weighted by molar-refractivity contribution is -0.0470. The number of amides is 2. The number of halogens is 2. The number of rotatable bonds is 3. The molecule has 6 nitrogen and oxygen atoms in total. The molecule has 1 fully saturated rings. The number of hydrogen-bond donors (Lipinski definition) is 1. The van der Waals surface area contributed by atoms with Crippen molar-refractivity contribution in [3.8, 4) is 5.75 Å². The Bertz CT molecular complexity index is 707. The molecule has 3 rings (SSSR count). The number of benzene rings is 1. The first-order chi connectivity index (χ1) is 11.0. The van der Waals surface area contributed by atoms with Crippen LogP contribution in [0.4, 0.5) is 13.6 Å². The van der Waals surface area contributed by atoms with Crippen LogP contribution in [0.3, 0.4) is 0 Å². The molecule has 1 aliphatic heterocycles. The summed E-state index contributed by atoms with van der Waals surface area (Å²) in [5.74, 6) is -1.66. The Kier molecular flexibility index (Phi) is 4.06. The van der Waals surface area contributed by atoms with Gasteiger partial charge >= 0.3 is 6.03 Å². The molecule has 23 heavy (non-hydrogen) atoms. The number of methoxy groups -OCH3 is 1. The molecule has 1 N–H and O–H groups in total. The number of nitrogens with zero attached hydrogens (tertiary/aromatic N) is 2. The minimum atomic E-state index is -2.67. The van der Waals surface area contributed by atoms with E-state index < -0.39 is 5.92 Å². The summed E-state index contributed by atoms with van der Waals surface area (Å²) in [6, 6.07) is 4.83. The maximum atomic E-state index is 13.1. The van der Waals surface area contributed by atoms with Gasteiger partial charge in [-0.25, -0.2) is 18.6 Å². The topological polar surface area (TPSA) is 67.6 Å². The zero-order chi connectivity index (χ0) is 16.4. The van der Waals surface area contributed by atoms with Gasteiger partial charge in [0.05, 0.1) is 13.7 Å². The molecule has 0 bridgehead atoms. The monoisotopic (exact) mass is 325 g/mol. The molecule has 1 saturated heterocycles. The first kappa shape index (κ1) is 15.5. The van der Waals surface area contributed by atoms with Gasteiger partial charge in [-0.05, 0) is 12.1 Å². The third-order valence-electron chi connectivity index (χ3n) is 3.81. The molecule has 0 saturated carbocycles. The van der Waals surface area contributed by atoms with Crippen LogP contribution < -0.4 is 10.1 Å². The van der Waals surface area contributed by atoms with Crippen molar-refractivity contribution in [1.82, 2.24) is 15.2 Å². The number of ether oxygens (including phenoxy) is 1. The highest BCUT2D eigenvalue weighted by Gasteiger charge is 2.35. The summed E-state index contributed by atoms with van der Waals surface area (Å²) in [4.78, 5) is 17.6. The molecule has 0 aliphatic carbocycles. The Labute approximate surface area is 131 Å². The number of fused-ring (bicyclic) bond motifs is 1. The maximum Gasteiger partial charge on any atom is 0.317 e. The number of aromatic nitrogens is 1. The standard InChI is InChI=1S/C15H17F2N3O3/c1-22-10-2-3-12-11(8-10)19-13(23-12)9-18-14(21)20-6-4-15(16,17)5-7-20/h2-3,8H,4-7,9H2,1H3,(H,18,21). The number of carbonyl (C=O) groups is 1. The number of carbonyl (C=O) groups excluding carboxylic acids is 1. The van der Waals surface area contributed by atoms with E-state index in [0.717, 1.165) is 0 Å². The largest absolute Gasteiger partial charge is 0.497 e. The molecule has 0 spiro atoms. The van der Waals surface area contributed by atoms with Gasteiger partial charge in [-0.2, -0.15) is 0 Å². The van der Waals surface area contributed by atoms with Crippen LogP contribution in [0.25, 0.3) is 11.1 Å². The second kappa shape index (κ2) is 6.02. The minimum Gasteiger partial charge on any atom is -0.497 e. The molecule has 2 heterocycles. The summed E-state index contributed by atoms with van der Waals surface area (Å²) < 4.78 is 36.8. The van der Waals surface area contributed by atoms with Gasteiger partial charge in [0.2, 0.25) is 5.89 Å². The van der Waals surface area contributed by atoms with Crippen LogP contribution >= 0.6 is 0 Å². The van der Waals surface area contributed by atoms with Gasteiger partial charge < -0.3 is 19.4 Å². The number of alkyl halides is 2. The van der Waals surface area contributed by atoms with Crippen molar-refractivity contribution in [1.29, 1.82) is 0 Å². The fourth-order valence-corrected chi connectivity index (χ4v) is 2.46. The molecule has 0 unspecified atom stereocenters. The summed E-state index contributed by atoms with van der Waals surface area (Å²) in [5, 5.41) is 2.64. The lowest BCUT2D eigenvalue weighted by Crippen LogP contribution is -2.47. The Hall–Kier alpha value is -2.38. The Morgan fingerprint density at radius 2 is 2.17 bits per heavy atom.